The fourth-order valence-electron chi connectivity index (χ4n) is 14.4. The van der Waals surface area contributed by atoms with Gasteiger partial charge in [0.1, 0.15) is 29.7 Å². The van der Waals surface area contributed by atoms with Gasteiger partial charge in [-0.25, -0.2) is 33.6 Å². The van der Waals surface area contributed by atoms with Crippen molar-refractivity contribution < 1.29 is 36.2 Å². The summed E-state index contributed by atoms with van der Waals surface area (Å²) in [5.41, 5.74) is 16.1. The fraction of sp³-hybridized carbons (Fsp3) is 0.108. The predicted octanol–water partition coefficient (Wildman–Crippen LogP) is 17.0. The highest BCUT2D eigenvalue weighted by Gasteiger charge is 2.28. The number of imidazole rings is 1. The molecule has 0 saturated heterocycles. The number of aromatic nitrogens is 12. The van der Waals surface area contributed by atoms with Crippen molar-refractivity contribution in [3.05, 3.63) is 260 Å². The molecule has 0 saturated carbocycles. The van der Waals surface area contributed by atoms with Crippen LogP contribution in [-0.4, -0.2) is 39.3 Å². The number of hydrogen-bond donors (Lipinski definition) is 0. The Labute approximate surface area is 566 Å². The van der Waals surface area contributed by atoms with Crippen LogP contribution in [0, 0.1) is 27.7 Å². The number of fused-ring (bicyclic) bond motifs is 20. The van der Waals surface area contributed by atoms with E-state index in [0.717, 1.165) is 154 Å². The minimum atomic E-state index is 0.666. The zero-order valence-corrected chi connectivity index (χ0v) is 56.0. The molecule has 0 aliphatic rings. The van der Waals surface area contributed by atoms with Gasteiger partial charge >= 0.3 is 5.82 Å². The van der Waals surface area contributed by atoms with Crippen molar-refractivity contribution in [3.8, 4) is 39.7 Å². The van der Waals surface area contributed by atoms with Crippen molar-refractivity contribution in [2.75, 3.05) is 0 Å². The molecule has 0 atom stereocenters. The molecule has 0 spiro atoms. The molecule has 16 heteroatoms. The van der Waals surface area contributed by atoms with Crippen molar-refractivity contribution in [2.45, 2.75) is 27.7 Å². The minimum absolute atomic E-state index is 0.666. The first-order chi connectivity index (χ1) is 48.4. The molecule has 0 unspecified atom stereocenters. The summed E-state index contributed by atoms with van der Waals surface area (Å²) in [6.45, 7) is 8.41. The molecule has 12 heterocycles. The van der Waals surface area contributed by atoms with Crippen LogP contribution in [0.2, 0.25) is 0 Å². The first-order valence-corrected chi connectivity index (χ1v) is 32.8. The van der Waals surface area contributed by atoms with Crippen LogP contribution in [0.3, 0.4) is 0 Å². The van der Waals surface area contributed by atoms with E-state index in [9.17, 15) is 0 Å². The summed E-state index contributed by atoms with van der Waals surface area (Å²) in [7, 11) is 10.1. The Morgan fingerprint density at radius 1 is 0.354 bits per heavy atom. The topological polar surface area (TPSA) is 155 Å². The summed E-state index contributed by atoms with van der Waals surface area (Å²) in [5, 5.41) is 22.2. The second-order valence-electron chi connectivity index (χ2n) is 25.4. The van der Waals surface area contributed by atoms with Gasteiger partial charge in [0.05, 0.1) is 66.8 Å². The molecule has 478 valence electrons. The van der Waals surface area contributed by atoms with Gasteiger partial charge in [0, 0.05) is 86.1 Å². The number of pyridine rings is 4. The van der Waals surface area contributed by atoms with E-state index >= 15 is 0 Å². The van der Waals surface area contributed by atoms with Crippen molar-refractivity contribution in [1.29, 1.82) is 0 Å². The molecular formula is C83H66N12O4+4. The number of aryl methyl sites for hydroxylation is 9. The van der Waals surface area contributed by atoms with Crippen molar-refractivity contribution in [3.63, 3.8) is 0 Å². The summed E-state index contributed by atoms with van der Waals surface area (Å²) in [4.78, 5) is 22.8. The average molecular weight is 1300 g/mol. The van der Waals surface area contributed by atoms with Crippen molar-refractivity contribution in [1.82, 2.24) is 39.3 Å². The molecule has 20 rings (SSSR count). The molecule has 99 heavy (non-hydrogen) atoms. The van der Waals surface area contributed by atoms with Crippen molar-refractivity contribution in [2.24, 2.45) is 35.2 Å². The third kappa shape index (κ3) is 9.88. The Kier molecular flexibility index (Phi) is 14.4. The number of rotatable bonds is 4. The zero-order chi connectivity index (χ0) is 67.3. The highest BCUT2D eigenvalue weighted by molar-refractivity contribution is 6.23. The number of nitrogens with zero attached hydrogens (tertiary/aromatic N) is 12. The third-order valence-electron chi connectivity index (χ3n) is 19.2. The van der Waals surface area contributed by atoms with Gasteiger partial charge in [-0.3, -0.25) is 0 Å². The first-order valence-electron chi connectivity index (χ1n) is 32.8. The lowest BCUT2D eigenvalue weighted by atomic mass is 10.00. The van der Waals surface area contributed by atoms with Gasteiger partial charge in [0.25, 0.3) is 5.82 Å². The van der Waals surface area contributed by atoms with Crippen LogP contribution in [0.5, 0.6) is 0 Å². The summed E-state index contributed by atoms with van der Waals surface area (Å²) in [5.74, 6) is 2.00. The Hall–Kier alpha value is -12.8. The summed E-state index contributed by atoms with van der Waals surface area (Å²) in [6, 6.07) is 58.3. The van der Waals surface area contributed by atoms with E-state index in [1.807, 2.05) is 127 Å². The van der Waals surface area contributed by atoms with Crippen molar-refractivity contribution >= 4 is 131 Å². The fourth-order valence-corrected chi connectivity index (χ4v) is 14.4. The molecule has 8 aromatic carbocycles. The van der Waals surface area contributed by atoms with Gasteiger partial charge in [-0.05, 0) is 93.7 Å². The first kappa shape index (κ1) is 59.9. The van der Waals surface area contributed by atoms with Crippen LogP contribution >= 0.6 is 0 Å². The van der Waals surface area contributed by atoms with Gasteiger partial charge in [0.15, 0.2) is 48.3 Å². The van der Waals surface area contributed by atoms with Gasteiger partial charge < -0.3 is 17.7 Å². The Morgan fingerprint density at radius 2 is 0.788 bits per heavy atom. The average Bonchev–Trinajstić information content (AvgIpc) is 1.58. The quantitative estimate of drug-likeness (QED) is 0.155. The molecule has 0 aliphatic heterocycles. The summed E-state index contributed by atoms with van der Waals surface area (Å²) in [6.07, 6.45) is 21.3. The third-order valence-corrected chi connectivity index (χ3v) is 19.2. The molecule has 16 nitrogen and oxygen atoms in total. The van der Waals surface area contributed by atoms with Gasteiger partial charge in [-0.1, -0.05) is 144 Å². The van der Waals surface area contributed by atoms with E-state index in [0.29, 0.717) is 22.9 Å². The molecular weight excluding hydrogens is 1230 g/mol. The smallest absolute Gasteiger partial charge is 0.334 e. The molecule has 0 fully saturated rings. The predicted molar refractivity (Wildman–Crippen MR) is 390 cm³/mol. The number of benzene rings is 8. The van der Waals surface area contributed by atoms with E-state index in [-0.39, 0.29) is 0 Å². The molecule has 0 N–H and O–H groups in total. The van der Waals surface area contributed by atoms with Crippen LogP contribution in [-0.2, 0) is 35.2 Å². The highest BCUT2D eigenvalue weighted by Crippen LogP contribution is 2.43. The van der Waals surface area contributed by atoms with Crippen LogP contribution in [0.4, 0.5) is 0 Å². The van der Waals surface area contributed by atoms with Crippen LogP contribution in [0.15, 0.2) is 256 Å². The molecule has 0 bridgehead atoms. The maximum Gasteiger partial charge on any atom is 0.334 e. The van der Waals surface area contributed by atoms with E-state index in [2.05, 4.69) is 225 Å². The van der Waals surface area contributed by atoms with Gasteiger partial charge in [-0.2, -0.15) is 0 Å². The molecule has 0 amide bonds. The summed E-state index contributed by atoms with van der Waals surface area (Å²) < 4.78 is 37.2. The van der Waals surface area contributed by atoms with E-state index < -0.39 is 0 Å². The van der Waals surface area contributed by atoms with Crippen LogP contribution in [0.25, 0.3) is 171 Å². The second kappa shape index (κ2) is 23.8. The second-order valence-corrected chi connectivity index (χ2v) is 25.4. The lowest BCUT2D eigenvalue weighted by molar-refractivity contribution is -0.744. The maximum atomic E-state index is 6.27. The summed E-state index contributed by atoms with van der Waals surface area (Å²) >= 11 is 0. The van der Waals surface area contributed by atoms with E-state index in [1.54, 1.807) is 6.20 Å². The molecule has 0 aliphatic carbocycles. The monoisotopic (exact) mass is 1290 g/mol. The highest BCUT2D eigenvalue weighted by atomic mass is 16.4. The standard InChI is InChI=1S/C21H18N3O.2C21H16N3O.C20H16N3O/c1-13-8-9-16-18-15-7-5-4-6-14(15)12-22-20(18)25-19(16)17(13)21-23(2)10-11-24(21)3;1-13-8-9-16-18-15-7-4-3-6-14(15)12-23-21(18)25-19(16)17(13)20-22-10-5-11-24(20)2;1-13-9-10-16-19-15-7-4-3-6-14(15)12-22-21(19)25-20(16)18(13)17-8-5-11-23-24(17)2;1-13-8-9-16-17-15-7-4-3-6-14(15)12-21-20(17)24-19(16)18(13)23-11-5-10-22(23)2/h4-12H,1-3H3;2*3-12H,1-2H3;3-12H,1-2H3/q4*+1. The maximum absolute atomic E-state index is 6.27. The largest absolute Gasteiger partial charge is 0.437 e. The van der Waals surface area contributed by atoms with E-state index in [1.165, 1.54) is 16.3 Å². The SMILES string of the molecule is Cc1ccc2c(oc3ncc4ccccc4c32)c1-c1cccn[n+]1C.Cc1ccc2c(oc3ncc4ccccc4c32)c1-c1n(C)cc[n+]1C.Cc1ccc2c(oc3ncc4ccccc4c32)c1-c1nccc[n+]1C.Cc1ccc2c(oc3ncc4ccccc4c32)c1-n1ccc[n+]1C. The van der Waals surface area contributed by atoms with Gasteiger partial charge in [0.2, 0.25) is 28.5 Å². The lowest BCUT2D eigenvalue weighted by Gasteiger charge is -2.05. The zero-order valence-electron chi connectivity index (χ0n) is 56.0. The number of furan rings is 4. The van der Waals surface area contributed by atoms with Crippen LogP contribution < -0.4 is 18.5 Å². The van der Waals surface area contributed by atoms with Crippen LogP contribution in [0.1, 0.15) is 22.3 Å². The lowest BCUT2D eigenvalue weighted by Crippen LogP contribution is -2.37. The normalized spacial score (nSPS) is 11.7. The molecule has 20 aromatic rings. The van der Waals surface area contributed by atoms with E-state index in [4.69, 9.17) is 17.7 Å². The molecule has 12 aromatic heterocycles. The Morgan fingerprint density at radius 3 is 1.24 bits per heavy atom. The molecule has 0 radical (unpaired) electrons. The number of hydrogen-bond acceptors (Lipinski definition) is 10. The van der Waals surface area contributed by atoms with Gasteiger partial charge in [-0.15, -0.1) is 9.36 Å². The Balaban J connectivity index is 0.0000000990. The Bertz CT molecular complexity index is 6430. The minimum Gasteiger partial charge on any atom is -0.437 e.